The molecule has 0 atom stereocenters. The zero-order chi connectivity index (χ0) is 26.7. The topological polar surface area (TPSA) is 105 Å². The third-order valence-electron chi connectivity index (χ3n) is 5.25. The molecule has 2 N–H and O–H groups in total. The molecule has 3 amide bonds. The first-order valence-electron chi connectivity index (χ1n) is 11.2. The van der Waals surface area contributed by atoms with Crippen molar-refractivity contribution in [3.05, 3.63) is 99.1 Å². The molecule has 3 aromatic carbocycles. The fourth-order valence-corrected chi connectivity index (χ4v) is 4.10. The third kappa shape index (κ3) is 5.73. The van der Waals surface area contributed by atoms with Gasteiger partial charge in [-0.1, -0.05) is 29.8 Å². The van der Waals surface area contributed by atoms with Crippen molar-refractivity contribution in [1.29, 1.82) is 0 Å². The first kappa shape index (κ1) is 26.1. The maximum absolute atomic E-state index is 13.1. The van der Waals surface area contributed by atoms with Crippen LogP contribution in [0, 0.1) is 0 Å². The van der Waals surface area contributed by atoms with E-state index in [9.17, 15) is 19.2 Å². The summed E-state index contributed by atoms with van der Waals surface area (Å²) in [4.78, 5) is 51.7. The van der Waals surface area contributed by atoms with Crippen LogP contribution in [-0.4, -0.2) is 29.8 Å². The highest BCUT2D eigenvalue weighted by Crippen LogP contribution is 2.31. The number of ether oxygens (including phenoxy) is 1. The minimum Gasteiger partial charge on any atom is -0.459 e. The summed E-state index contributed by atoms with van der Waals surface area (Å²) in [5.41, 5.74) is 1.73. The maximum Gasteiger partial charge on any atom is 0.338 e. The summed E-state index contributed by atoms with van der Waals surface area (Å²) in [7, 11) is 0. The van der Waals surface area contributed by atoms with E-state index < -0.39 is 17.8 Å². The molecular formula is C27H21BrClN3O5. The Morgan fingerprint density at radius 3 is 2.30 bits per heavy atom. The molecular weight excluding hydrogens is 562 g/mol. The molecule has 0 saturated heterocycles. The Morgan fingerprint density at radius 1 is 0.919 bits per heavy atom. The van der Waals surface area contributed by atoms with Gasteiger partial charge in [-0.2, -0.15) is 0 Å². The molecule has 3 aromatic rings. The number of anilines is 3. The molecule has 0 aliphatic carbocycles. The Balaban J connectivity index is 1.48. The minimum atomic E-state index is -0.729. The van der Waals surface area contributed by atoms with E-state index in [1.165, 1.54) is 18.2 Å². The number of amides is 3. The molecule has 0 aromatic heterocycles. The number of rotatable bonds is 7. The van der Waals surface area contributed by atoms with Gasteiger partial charge in [0.15, 0.2) is 0 Å². The van der Waals surface area contributed by atoms with E-state index in [-0.39, 0.29) is 34.0 Å². The average Bonchev–Trinajstić information content (AvgIpc) is 3.08. The van der Waals surface area contributed by atoms with Gasteiger partial charge in [-0.05, 0) is 84.4 Å². The van der Waals surface area contributed by atoms with E-state index in [2.05, 4.69) is 26.6 Å². The molecule has 0 radical (unpaired) electrons. The van der Waals surface area contributed by atoms with E-state index in [1.807, 2.05) is 18.2 Å². The zero-order valence-corrected chi connectivity index (χ0v) is 22.1. The third-order valence-corrected chi connectivity index (χ3v) is 6.29. The molecule has 1 aliphatic rings. The molecule has 0 bridgehead atoms. The smallest absolute Gasteiger partial charge is 0.338 e. The maximum atomic E-state index is 13.1. The first-order chi connectivity index (χ1) is 17.7. The lowest BCUT2D eigenvalue weighted by Crippen LogP contribution is -2.32. The highest BCUT2D eigenvalue weighted by Gasteiger charge is 2.39. The summed E-state index contributed by atoms with van der Waals surface area (Å²) in [6, 6.07) is 19.6. The van der Waals surface area contributed by atoms with Crippen molar-refractivity contribution in [2.75, 3.05) is 15.5 Å². The minimum absolute atomic E-state index is 0.118. The lowest BCUT2D eigenvalue weighted by molar-refractivity contribution is -0.120. The fraction of sp³-hybridized carbons (Fsp3) is 0.111. The normalized spacial score (nSPS) is 13.3. The molecule has 8 nitrogen and oxygen atoms in total. The van der Waals surface area contributed by atoms with Crippen molar-refractivity contribution >= 4 is 68.3 Å². The summed E-state index contributed by atoms with van der Waals surface area (Å²) in [5.74, 6) is -2.30. The van der Waals surface area contributed by atoms with Gasteiger partial charge in [-0.25, -0.2) is 9.69 Å². The van der Waals surface area contributed by atoms with Gasteiger partial charge in [0, 0.05) is 15.7 Å². The first-order valence-corrected chi connectivity index (χ1v) is 12.4. The number of benzene rings is 3. The van der Waals surface area contributed by atoms with Gasteiger partial charge in [0.2, 0.25) is 0 Å². The van der Waals surface area contributed by atoms with Gasteiger partial charge in [-0.15, -0.1) is 0 Å². The quantitative estimate of drug-likeness (QED) is 0.273. The molecule has 0 unspecified atom stereocenters. The highest BCUT2D eigenvalue weighted by atomic mass is 79.9. The summed E-state index contributed by atoms with van der Waals surface area (Å²) in [5, 5.41) is 5.38. The summed E-state index contributed by atoms with van der Waals surface area (Å²) in [6.07, 6.45) is -0.323. The van der Waals surface area contributed by atoms with Crippen molar-refractivity contribution in [3.8, 4) is 0 Å². The van der Waals surface area contributed by atoms with Gasteiger partial charge >= 0.3 is 5.97 Å². The molecule has 1 aliphatic heterocycles. The van der Waals surface area contributed by atoms with Crippen LogP contribution in [0.3, 0.4) is 0 Å². The standard InChI is InChI=1S/C27H21BrClN3O5/c1-15(2)37-27(36)17-6-5-7-19(14-17)32-25(34)22(29)23(26(32)35)30-18-12-10-16(11-13-18)24(33)31-21-9-4-3-8-20(21)28/h3-15,30H,1-2H3,(H,31,33). The van der Waals surface area contributed by atoms with Crippen LogP contribution in [0.2, 0.25) is 0 Å². The predicted molar refractivity (Wildman–Crippen MR) is 145 cm³/mol. The van der Waals surface area contributed by atoms with Crippen LogP contribution in [0.15, 0.2) is 88.0 Å². The molecule has 0 spiro atoms. The van der Waals surface area contributed by atoms with Gasteiger partial charge in [0.05, 0.1) is 23.0 Å². The van der Waals surface area contributed by atoms with Crippen molar-refractivity contribution in [1.82, 2.24) is 0 Å². The summed E-state index contributed by atoms with van der Waals surface area (Å²) < 4.78 is 5.94. The van der Waals surface area contributed by atoms with E-state index in [0.717, 1.165) is 9.37 Å². The number of hydrogen-bond acceptors (Lipinski definition) is 6. The Morgan fingerprint density at radius 2 is 1.62 bits per heavy atom. The van der Waals surface area contributed by atoms with Crippen LogP contribution in [0.1, 0.15) is 34.6 Å². The van der Waals surface area contributed by atoms with E-state index in [4.69, 9.17) is 16.3 Å². The number of imide groups is 1. The molecule has 0 saturated carbocycles. The van der Waals surface area contributed by atoms with E-state index >= 15 is 0 Å². The van der Waals surface area contributed by atoms with E-state index in [0.29, 0.717) is 16.9 Å². The lowest BCUT2D eigenvalue weighted by Gasteiger charge is -2.16. The van der Waals surface area contributed by atoms with Crippen LogP contribution >= 0.6 is 27.5 Å². The number of para-hydroxylation sites is 1. The van der Waals surface area contributed by atoms with Crippen LogP contribution in [0.4, 0.5) is 17.1 Å². The Bertz CT molecular complexity index is 1440. The molecule has 188 valence electrons. The van der Waals surface area contributed by atoms with Crippen molar-refractivity contribution in [3.63, 3.8) is 0 Å². The van der Waals surface area contributed by atoms with E-state index in [1.54, 1.807) is 50.2 Å². The molecule has 10 heteroatoms. The second-order valence-electron chi connectivity index (χ2n) is 8.28. The van der Waals surface area contributed by atoms with Crippen molar-refractivity contribution in [2.24, 2.45) is 0 Å². The predicted octanol–water partition coefficient (Wildman–Crippen LogP) is 5.70. The van der Waals surface area contributed by atoms with Gasteiger partial charge in [0.1, 0.15) is 10.7 Å². The average molecular weight is 583 g/mol. The number of hydrogen-bond donors (Lipinski definition) is 2. The second-order valence-corrected chi connectivity index (χ2v) is 9.51. The Hall–Kier alpha value is -3.95. The summed E-state index contributed by atoms with van der Waals surface area (Å²) >= 11 is 9.61. The second kappa shape index (κ2) is 11.0. The van der Waals surface area contributed by atoms with Gasteiger partial charge in [0.25, 0.3) is 17.7 Å². The number of esters is 1. The van der Waals surface area contributed by atoms with Crippen molar-refractivity contribution < 1.29 is 23.9 Å². The number of nitrogens with one attached hydrogen (secondary N) is 2. The largest absolute Gasteiger partial charge is 0.459 e. The van der Waals surface area contributed by atoms with Crippen molar-refractivity contribution in [2.45, 2.75) is 20.0 Å². The number of halogens is 2. The monoisotopic (exact) mass is 581 g/mol. The van der Waals surface area contributed by atoms with Crippen LogP contribution in [-0.2, 0) is 14.3 Å². The molecule has 4 rings (SSSR count). The Kier molecular flexibility index (Phi) is 7.75. The molecule has 0 fully saturated rings. The van der Waals surface area contributed by atoms with Crippen LogP contribution in [0.5, 0.6) is 0 Å². The highest BCUT2D eigenvalue weighted by molar-refractivity contribution is 9.10. The number of carbonyl (C=O) groups is 4. The van der Waals surface area contributed by atoms with Gasteiger partial charge < -0.3 is 15.4 Å². The van der Waals surface area contributed by atoms with Crippen LogP contribution in [0.25, 0.3) is 0 Å². The number of nitrogens with zero attached hydrogens (tertiary/aromatic N) is 1. The fourth-order valence-electron chi connectivity index (χ4n) is 3.51. The van der Waals surface area contributed by atoms with Crippen LogP contribution < -0.4 is 15.5 Å². The molecule has 1 heterocycles. The SMILES string of the molecule is CC(C)OC(=O)c1cccc(N2C(=O)C(Cl)=C(Nc3ccc(C(=O)Nc4ccccc4Br)cc3)C2=O)c1. The number of carbonyl (C=O) groups excluding carboxylic acids is 4. The molecule has 37 heavy (non-hydrogen) atoms. The summed E-state index contributed by atoms with van der Waals surface area (Å²) in [6.45, 7) is 3.44. The zero-order valence-electron chi connectivity index (χ0n) is 19.7. The lowest BCUT2D eigenvalue weighted by atomic mass is 10.1. The van der Waals surface area contributed by atoms with Gasteiger partial charge in [-0.3, -0.25) is 14.4 Å². The Labute approximate surface area is 226 Å².